The maximum absolute atomic E-state index is 11.3. The molecule has 2 aromatic carbocycles. The fraction of sp³-hybridized carbons (Fsp3) is 0.0588. The topological polar surface area (TPSA) is 80.4 Å². The maximum atomic E-state index is 11.3. The highest BCUT2D eigenvalue weighted by Gasteiger charge is 2.20. The van der Waals surface area contributed by atoms with Crippen LogP contribution in [0.25, 0.3) is 16.7 Å². The summed E-state index contributed by atoms with van der Waals surface area (Å²) in [5, 5.41) is 9.22. The minimum Gasteiger partial charge on any atom is -0.478 e. The average molecular weight is 279 g/mol. The van der Waals surface area contributed by atoms with E-state index in [2.05, 4.69) is 12.1 Å². The SMILES string of the molecule is NC(=O)/C=C(/C(=O)O)c1ccc2c(c1)Cc1ccccc1-2. The first kappa shape index (κ1) is 13.1. The predicted molar refractivity (Wildman–Crippen MR) is 79.5 cm³/mol. The third-order valence-corrected chi connectivity index (χ3v) is 3.62. The lowest BCUT2D eigenvalue weighted by molar-refractivity contribution is -0.130. The summed E-state index contributed by atoms with van der Waals surface area (Å²) in [6, 6.07) is 13.5. The molecule has 0 fully saturated rings. The Labute approximate surface area is 121 Å². The number of benzene rings is 2. The molecule has 4 nitrogen and oxygen atoms in total. The van der Waals surface area contributed by atoms with Gasteiger partial charge < -0.3 is 10.8 Å². The number of nitrogens with two attached hydrogens (primary N) is 1. The van der Waals surface area contributed by atoms with Crippen LogP contribution in [-0.4, -0.2) is 17.0 Å². The van der Waals surface area contributed by atoms with E-state index in [-0.39, 0.29) is 5.57 Å². The number of carboxylic acid groups (broad SMARTS) is 1. The third kappa shape index (κ3) is 2.31. The van der Waals surface area contributed by atoms with E-state index in [1.807, 2.05) is 24.3 Å². The summed E-state index contributed by atoms with van der Waals surface area (Å²) < 4.78 is 0. The molecule has 4 heteroatoms. The molecule has 0 atom stereocenters. The van der Waals surface area contributed by atoms with E-state index in [9.17, 15) is 14.7 Å². The number of carbonyl (C=O) groups is 2. The standard InChI is InChI=1S/C17H13NO3/c18-16(19)9-15(17(20)21)11-5-6-14-12(8-11)7-10-3-1-2-4-13(10)14/h1-6,8-9H,7H2,(H2,18,19)(H,20,21)/b15-9+. The van der Waals surface area contributed by atoms with Crippen molar-refractivity contribution in [1.29, 1.82) is 0 Å². The molecule has 1 amide bonds. The van der Waals surface area contributed by atoms with Crippen LogP contribution in [0.5, 0.6) is 0 Å². The number of carboxylic acids is 1. The molecule has 0 aliphatic heterocycles. The van der Waals surface area contributed by atoms with E-state index in [1.54, 1.807) is 6.07 Å². The lowest BCUT2D eigenvalue weighted by Gasteiger charge is -2.06. The number of hydrogen-bond donors (Lipinski definition) is 2. The number of rotatable bonds is 3. The molecule has 0 saturated heterocycles. The molecule has 0 spiro atoms. The van der Waals surface area contributed by atoms with Crippen LogP contribution in [0.4, 0.5) is 0 Å². The quantitative estimate of drug-likeness (QED) is 0.721. The molecule has 0 heterocycles. The van der Waals surface area contributed by atoms with Crippen LogP contribution >= 0.6 is 0 Å². The van der Waals surface area contributed by atoms with E-state index in [1.165, 1.54) is 11.1 Å². The van der Waals surface area contributed by atoms with Crippen molar-refractivity contribution >= 4 is 17.4 Å². The Morgan fingerprint density at radius 3 is 2.48 bits per heavy atom. The summed E-state index contributed by atoms with van der Waals surface area (Å²) in [6.45, 7) is 0. The number of amides is 1. The van der Waals surface area contributed by atoms with Gasteiger partial charge in [0.05, 0.1) is 5.57 Å². The normalized spacial score (nSPS) is 12.7. The van der Waals surface area contributed by atoms with Crippen molar-refractivity contribution in [3.8, 4) is 11.1 Å². The molecule has 104 valence electrons. The zero-order valence-electron chi connectivity index (χ0n) is 11.2. The van der Waals surface area contributed by atoms with Gasteiger partial charge in [0.2, 0.25) is 5.91 Å². The molecule has 2 aromatic rings. The molecule has 0 saturated carbocycles. The highest BCUT2D eigenvalue weighted by molar-refractivity contribution is 6.20. The second kappa shape index (κ2) is 4.90. The van der Waals surface area contributed by atoms with E-state index in [0.717, 1.165) is 23.6 Å². The van der Waals surface area contributed by atoms with Crippen LogP contribution in [0.3, 0.4) is 0 Å². The number of aliphatic carboxylic acids is 1. The zero-order valence-corrected chi connectivity index (χ0v) is 11.2. The van der Waals surface area contributed by atoms with Crippen molar-refractivity contribution in [3.63, 3.8) is 0 Å². The van der Waals surface area contributed by atoms with Gasteiger partial charge in [-0.05, 0) is 40.3 Å². The Kier molecular flexibility index (Phi) is 3.06. The summed E-state index contributed by atoms with van der Waals surface area (Å²) in [4.78, 5) is 22.3. The van der Waals surface area contributed by atoms with Gasteiger partial charge in [-0.1, -0.05) is 36.4 Å². The summed E-state index contributed by atoms with van der Waals surface area (Å²) in [6.07, 6.45) is 1.72. The van der Waals surface area contributed by atoms with Gasteiger partial charge in [-0.25, -0.2) is 4.79 Å². The first-order chi connectivity index (χ1) is 10.1. The van der Waals surface area contributed by atoms with Crippen LogP contribution in [0.15, 0.2) is 48.5 Å². The van der Waals surface area contributed by atoms with Gasteiger partial charge in [-0.15, -0.1) is 0 Å². The van der Waals surface area contributed by atoms with Crippen LogP contribution < -0.4 is 5.73 Å². The van der Waals surface area contributed by atoms with Crippen LogP contribution in [-0.2, 0) is 16.0 Å². The van der Waals surface area contributed by atoms with Gasteiger partial charge in [0.15, 0.2) is 0 Å². The molecule has 0 bridgehead atoms. The van der Waals surface area contributed by atoms with Crippen molar-refractivity contribution in [2.24, 2.45) is 5.73 Å². The maximum Gasteiger partial charge on any atom is 0.336 e. The minimum atomic E-state index is -1.16. The molecule has 0 unspecified atom stereocenters. The fourth-order valence-corrected chi connectivity index (χ4v) is 2.72. The Morgan fingerprint density at radius 2 is 1.76 bits per heavy atom. The Bertz CT molecular complexity index is 790. The van der Waals surface area contributed by atoms with Gasteiger partial charge in [0, 0.05) is 6.08 Å². The largest absolute Gasteiger partial charge is 0.478 e. The molecule has 21 heavy (non-hydrogen) atoms. The summed E-state index contributed by atoms with van der Waals surface area (Å²) in [5.41, 5.74) is 10.1. The van der Waals surface area contributed by atoms with E-state index in [0.29, 0.717) is 5.56 Å². The van der Waals surface area contributed by atoms with Gasteiger partial charge >= 0.3 is 5.97 Å². The highest BCUT2D eigenvalue weighted by atomic mass is 16.4. The first-order valence-electron chi connectivity index (χ1n) is 6.52. The molecular weight excluding hydrogens is 266 g/mol. The Balaban J connectivity index is 2.08. The lowest BCUT2D eigenvalue weighted by atomic mass is 9.99. The van der Waals surface area contributed by atoms with Crippen molar-refractivity contribution in [3.05, 3.63) is 65.2 Å². The first-order valence-corrected chi connectivity index (χ1v) is 6.52. The third-order valence-electron chi connectivity index (χ3n) is 3.62. The number of fused-ring (bicyclic) bond motifs is 3. The fourth-order valence-electron chi connectivity index (χ4n) is 2.72. The van der Waals surface area contributed by atoms with Crippen molar-refractivity contribution in [2.45, 2.75) is 6.42 Å². The lowest BCUT2D eigenvalue weighted by Crippen LogP contribution is -2.10. The molecule has 0 radical (unpaired) electrons. The molecule has 1 aliphatic rings. The van der Waals surface area contributed by atoms with Gasteiger partial charge in [-0.3, -0.25) is 4.79 Å². The van der Waals surface area contributed by atoms with Crippen molar-refractivity contribution in [1.82, 2.24) is 0 Å². The van der Waals surface area contributed by atoms with Crippen molar-refractivity contribution in [2.75, 3.05) is 0 Å². The second-order valence-corrected chi connectivity index (χ2v) is 4.97. The number of hydrogen-bond acceptors (Lipinski definition) is 2. The van der Waals surface area contributed by atoms with Crippen LogP contribution in [0, 0.1) is 0 Å². The summed E-state index contributed by atoms with van der Waals surface area (Å²) in [5.74, 6) is -1.93. The molecule has 3 rings (SSSR count). The predicted octanol–water partition coefficient (Wildman–Crippen LogP) is 2.21. The van der Waals surface area contributed by atoms with Gasteiger partial charge in [0.25, 0.3) is 0 Å². The molecule has 3 N–H and O–H groups in total. The number of carbonyl (C=O) groups excluding carboxylic acids is 1. The van der Waals surface area contributed by atoms with E-state index in [4.69, 9.17) is 5.73 Å². The smallest absolute Gasteiger partial charge is 0.336 e. The molecule has 1 aliphatic carbocycles. The van der Waals surface area contributed by atoms with Gasteiger partial charge in [-0.2, -0.15) is 0 Å². The number of primary amides is 1. The van der Waals surface area contributed by atoms with Crippen molar-refractivity contribution < 1.29 is 14.7 Å². The monoisotopic (exact) mass is 279 g/mol. The Hall–Kier alpha value is -2.88. The average Bonchev–Trinajstić information content (AvgIpc) is 2.81. The minimum absolute atomic E-state index is 0.0822. The Morgan fingerprint density at radius 1 is 1.05 bits per heavy atom. The van der Waals surface area contributed by atoms with Crippen LogP contribution in [0.2, 0.25) is 0 Å². The van der Waals surface area contributed by atoms with E-state index >= 15 is 0 Å². The van der Waals surface area contributed by atoms with E-state index < -0.39 is 11.9 Å². The molecular formula is C17H13NO3. The van der Waals surface area contributed by atoms with Crippen LogP contribution in [0.1, 0.15) is 16.7 Å². The van der Waals surface area contributed by atoms with Gasteiger partial charge in [0.1, 0.15) is 0 Å². The highest BCUT2D eigenvalue weighted by Crippen LogP contribution is 2.37. The molecule has 0 aromatic heterocycles. The summed E-state index contributed by atoms with van der Waals surface area (Å²) in [7, 11) is 0. The zero-order chi connectivity index (χ0) is 15.0. The summed E-state index contributed by atoms with van der Waals surface area (Å²) >= 11 is 0. The second-order valence-electron chi connectivity index (χ2n) is 4.97.